The number of halogens is 2. The normalized spacial score (nSPS) is 23.0. The summed E-state index contributed by atoms with van der Waals surface area (Å²) in [5.41, 5.74) is 0.203. The largest absolute Gasteiger partial charge is 0.459 e. The minimum Gasteiger partial charge on any atom is -0.459 e. The van der Waals surface area contributed by atoms with Gasteiger partial charge in [-0.1, -0.05) is 30.3 Å². The first-order valence-corrected chi connectivity index (χ1v) is 7.58. The molecule has 0 radical (unpaired) electrons. The van der Waals surface area contributed by atoms with Crippen LogP contribution < -0.4 is 5.32 Å². The number of hydrogen-bond acceptors (Lipinski definition) is 3. The number of alkyl halides is 2. The highest BCUT2D eigenvalue weighted by atomic mass is 19.3. The van der Waals surface area contributed by atoms with Crippen LogP contribution >= 0.6 is 0 Å². The van der Waals surface area contributed by atoms with Crippen LogP contribution in [0.25, 0.3) is 0 Å². The maximum absolute atomic E-state index is 12.6. The number of rotatable bonds is 5. The third-order valence-corrected chi connectivity index (χ3v) is 3.71. The minimum atomic E-state index is -2.28. The molecule has 5 heteroatoms. The second-order valence-corrected chi connectivity index (χ2v) is 6.81. The van der Waals surface area contributed by atoms with Crippen LogP contribution in [0.4, 0.5) is 8.78 Å². The van der Waals surface area contributed by atoms with Gasteiger partial charge in [-0.05, 0) is 39.2 Å². The lowest BCUT2D eigenvalue weighted by Gasteiger charge is -2.38. The first-order valence-electron chi connectivity index (χ1n) is 7.58. The molecule has 22 heavy (non-hydrogen) atoms. The van der Waals surface area contributed by atoms with Gasteiger partial charge in [0.05, 0.1) is 0 Å². The highest BCUT2D eigenvalue weighted by molar-refractivity contribution is 5.78. The Bertz CT molecular complexity index is 493. The van der Waals surface area contributed by atoms with Crippen molar-refractivity contribution in [3.05, 3.63) is 35.9 Å². The molecule has 1 aliphatic carbocycles. The molecular weight excluding hydrogens is 288 g/mol. The van der Waals surface area contributed by atoms with Crippen LogP contribution in [-0.4, -0.2) is 24.0 Å². The highest BCUT2D eigenvalue weighted by Crippen LogP contribution is 2.34. The summed E-state index contributed by atoms with van der Waals surface area (Å²) in [6.07, 6.45) is -1.50. The Hall–Kier alpha value is -1.49. The predicted molar refractivity (Wildman–Crippen MR) is 80.7 cm³/mol. The molecule has 1 atom stereocenters. The van der Waals surface area contributed by atoms with E-state index >= 15 is 0 Å². The van der Waals surface area contributed by atoms with Crippen molar-refractivity contribution in [3.8, 4) is 0 Å². The molecule has 1 aromatic carbocycles. The maximum Gasteiger partial charge on any atom is 0.328 e. The van der Waals surface area contributed by atoms with Gasteiger partial charge in [-0.15, -0.1) is 0 Å². The van der Waals surface area contributed by atoms with Gasteiger partial charge >= 0.3 is 5.97 Å². The lowest BCUT2D eigenvalue weighted by molar-refractivity contribution is -0.158. The standard InChI is InChI=1S/C17H23F2NO2/c1-17(2,3)22-16(21)14(11-7-5-4-6-8-11)20-13-9-12(10-13)15(18)19/h4-8,12-15,20H,9-10H2,1-3H3/t12?,13?,14-/m1/s1. The molecule has 0 saturated heterocycles. The summed E-state index contributed by atoms with van der Waals surface area (Å²) in [4.78, 5) is 12.4. The fourth-order valence-corrected chi connectivity index (χ4v) is 2.55. The smallest absolute Gasteiger partial charge is 0.328 e. The Labute approximate surface area is 130 Å². The van der Waals surface area contributed by atoms with E-state index in [0.717, 1.165) is 5.56 Å². The number of nitrogens with one attached hydrogen (secondary N) is 1. The predicted octanol–water partition coefficient (Wildman–Crippen LogP) is 3.70. The molecule has 1 aromatic rings. The first-order chi connectivity index (χ1) is 10.3. The van der Waals surface area contributed by atoms with Gasteiger partial charge in [-0.3, -0.25) is 5.32 Å². The molecule has 1 N–H and O–H groups in total. The molecule has 122 valence electrons. The molecule has 0 aromatic heterocycles. The molecule has 1 aliphatic rings. The van der Waals surface area contributed by atoms with Gasteiger partial charge in [-0.25, -0.2) is 13.6 Å². The topological polar surface area (TPSA) is 38.3 Å². The van der Waals surface area contributed by atoms with E-state index in [1.165, 1.54) is 0 Å². The Kier molecular flexibility index (Phi) is 5.16. The van der Waals surface area contributed by atoms with Crippen molar-refractivity contribution in [1.82, 2.24) is 5.32 Å². The quantitative estimate of drug-likeness (QED) is 0.843. The third-order valence-electron chi connectivity index (χ3n) is 3.71. The molecule has 1 saturated carbocycles. The van der Waals surface area contributed by atoms with Crippen LogP contribution in [0.2, 0.25) is 0 Å². The maximum atomic E-state index is 12.6. The lowest BCUT2D eigenvalue weighted by atomic mass is 9.80. The van der Waals surface area contributed by atoms with Gasteiger partial charge in [-0.2, -0.15) is 0 Å². The molecule has 3 nitrogen and oxygen atoms in total. The molecule has 1 fully saturated rings. The zero-order chi connectivity index (χ0) is 16.3. The SMILES string of the molecule is CC(C)(C)OC(=O)[C@H](NC1CC(C(F)F)C1)c1ccccc1. The van der Waals surface area contributed by atoms with E-state index < -0.39 is 24.0 Å². The number of carbonyl (C=O) groups excluding carboxylic acids is 1. The summed E-state index contributed by atoms with van der Waals surface area (Å²) in [5.74, 6) is -0.938. The Morgan fingerprint density at radius 1 is 1.23 bits per heavy atom. The lowest BCUT2D eigenvalue weighted by Crippen LogP contribution is -2.48. The van der Waals surface area contributed by atoms with E-state index in [1.807, 2.05) is 51.1 Å². The number of esters is 1. The van der Waals surface area contributed by atoms with Crippen molar-refractivity contribution in [2.24, 2.45) is 5.92 Å². The van der Waals surface area contributed by atoms with E-state index in [9.17, 15) is 13.6 Å². The summed E-state index contributed by atoms with van der Waals surface area (Å²) < 4.78 is 30.6. The van der Waals surface area contributed by atoms with Crippen molar-refractivity contribution < 1.29 is 18.3 Å². The van der Waals surface area contributed by atoms with Crippen molar-refractivity contribution in [3.63, 3.8) is 0 Å². The van der Waals surface area contributed by atoms with Crippen molar-refractivity contribution in [1.29, 1.82) is 0 Å². The van der Waals surface area contributed by atoms with Crippen LogP contribution in [-0.2, 0) is 9.53 Å². The Morgan fingerprint density at radius 3 is 2.32 bits per heavy atom. The summed E-state index contributed by atoms with van der Waals surface area (Å²) in [5, 5.41) is 3.17. The van der Waals surface area contributed by atoms with Gasteiger partial charge < -0.3 is 4.74 Å². The number of carbonyl (C=O) groups is 1. The van der Waals surface area contributed by atoms with E-state index in [0.29, 0.717) is 12.8 Å². The second-order valence-electron chi connectivity index (χ2n) is 6.81. The molecule has 0 aliphatic heterocycles. The average molecular weight is 311 g/mol. The Morgan fingerprint density at radius 2 is 1.82 bits per heavy atom. The Balaban J connectivity index is 2.05. The van der Waals surface area contributed by atoms with Gasteiger partial charge in [0.15, 0.2) is 0 Å². The molecule has 0 bridgehead atoms. The van der Waals surface area contributed by atoms with Crippen LogP contribution in [0, 0.1) is 5.92 Å². The van der Waals surface area contributed by atoms with Gasteiger partial charge in [0.25, 0.3) is 0 Å². The molecule has 0 spiro atoms. The summed E-state index contributed by atoms with van der Waals surface area (Å²) in [7, 11) is 0. The van der Waals surface area contributed by atoms with Crippen LogP contribution in [0.1, 0.15) is 45.2 Å². The number of benzene rings is 1. The monoisotopic (exact) mass is 311 g/mol. The van der Waals surface area contributed by atoms with E-state index in [4.69, 9.17) is 4.74 Å². The zero-order valence-corrected chi connectivity index (χ0v) is 13.2. The minimum absolute atomic E-state index is 0.0725. The van der Waals surface area contributed by atoms with Crippen molar-refractivity contribution in [2.75, 3.05) is 0 Å². The number of ether oxygens (including phenoxy) is 1. The molecular formula is C17H23F2NO2. The first kappa shape index (κ1) is 16.9. The summed E-state index contributed by atoms with van der Waals surface area (Å²) >= 11 is 0. The van der Waals surface area contributed by atoms with E-state index in [2.05, 4.69) is 5.32 Å². The van der Waals surface area contributed by atoms with Gasteiger partial charge in [0, 0.05) is 12.0 Å². The van der Waals surface area contributed by atoms with Crippen molar-refractivity contribution in [2.45, 2.75) is 57.7 Å². The fourth-order valence-electron chi connectivity index (χ4n) is 2.55. The summed E-state index contributed by atoms with van der Waals surface area (Å²) in [6, 6.07) is 8.54. The highest BCUT2D eigenvalue weighted by Gasteiger charge is 2.38. The third kappa shape index (κ3) is 4.50. The van der Waals surface area contributed by atoms with E-state index in [-0.39, 0.29) is 12.0 Å². The molecule has 0 amide bonds. The van der Waals surface area contributed by atoms with Crippen LogP contribution in [0.15, 0.2) is 30.3 Å². The van der Waals surface area contributed by atoms with Crippen LogP contribution in [0.5, 0.6) is 0 Å². The van der Waals surface area contributed by atoms with E-state index in [1.54, 1.807) is 0 Å². The zero-order valence-electron chi connectivity index (χ0n) is 13.2. The molecule has 0 heterocycles. The van der Waals surface area contributed by atoms with Gasteiger partial charge in [0.1, 0.15) is 11.6 Å². The van der Waals surface area contributed by atoms with Gasteiger partial charge in [0.2, 0.25) is 6.43 Å². The summed E-state index contributed by atoms with van der Waals surface area (Å²) in [6.45, 7) is 5.43. The second kappa shape index (κ2) is 6.73. The fraction of sp³-hybridized carbons (Fsp3) is 0.588. The molecule has 0 unspecified atom stereocenters. The molecule has 2 rings (SSSR count). The van der Waals surface area contributed by atoms with Crippen molar-refractivity contribution >= 4 is 5.97 Å². The average Bonchev–Trinajstić information content (AvgIpc) is 2.35. The number of hydrogen-bond donors (Lipinski definition) is 1. The van der Waals surface area contributed by atoms with Crippen LogP contribution in [0.3, 0.4) is 0 Å².